The van der Waals surface area contributed by atoms with Gasteiger partial charge in [-0.05, 0) is 6.92 Å². The van der Waals surface area contributed by atoms with Gasteiger partial charge in [-0.1, -0.05) is 0 Å². The van der Waals surface area contributed by atoms with Gasteiger partial charge in [0.1, 0.15) is 6.04 Å². The number of nitrogens with zero attached hydrogens (tertiary/aromatic N) is 3. The summed E-state index contributed by atoms with van der Waals surface area (Å²) in [6, 6.07) is -1.86. The van der Waals surface area contributed by atoms with Crippen LogP contribution >= 0.6 is 0 Å². The molecule has 0 aliphatic carbocycles. The van der Waals surface area contributed by atoms with Crippen molar-refractivity contribution >= 4 is 11.8 Å². The number of urea groups is 1. The quantitative estimate of drug-likeness (QED) is 0.876. The van der Waals surface area contributed by atoms with E-state index in [1.165, 1.54) is 19.4 Å². The van der Waals surface area contributed by atoms with Gasteiger partial charge in [-0.2, -0.15) is 0 Å². The number of halogens is 2. The lowest BCUT2D eigenvalue weighted by molar-refractivity contribution is -0.0813. The average Bonchev–Trinajstić information content (AvgIpc) is 2.48. The lowest BCUT2D eigenvalue weighted by atomic mass is 10.0. The Hall–Kier alpha value is -2.03. The number of aromatic nitrogens is 2. The van der Waals surface area contributed by atoms with E-state index < -0.39 is 18.0 Å². The molecular weight excluding hydrogens is 296 g/mol. The highest BCUT2D eigenvalue weighted by atomic mass is 19.3. The van der Waals surface area contributed by atoms with Crippen molar-refractivity contribution in [3.05, 3.63) is 12.4 Å². The first kappa shape index (κ1) is 16.3. The smallest absolute Gasteiger partial charge is 0.323 e. The van der Waals surface area contributed by atoms with E-state index in [-0.39, 0.29) is 25.3 Å². The summed E-state index contributed by atoms with van der Waals surface area (Å²) >= 11 is 0. The average molecular weight is 315 g/mol. The molecule has 0 aromatic carbocycles. The topological polar surface area (TPSA) is 79.4 Å². The lowest BCUT2D eigenvalue weighted by Crippen LogP contribution is -2.58. The molecule has 0 radical (unpaired) electrons. The monoisotopic (exact) mass is 315 g/mol. The Kier molecular flexibility index (Phi) is 5.07. The van der Waals surface area contributed by atoms with E-state index in [9.17, 15) is 13.6 Å². The third-order valence-corrected chi connectivity index (χ3v) is 3.40. The van der Waals surface area contributed by atoms with Crippen molar-refractivity contribution < 1.29 is 18.3 Å². The second-order valence-electron chi connectivity index (χ2n) is 4.94. The van der Waals surface area contributed by atoms with Crippen LogP contribution in [0.15, 0.2) is 12.4 Å². The molecule has 1 fully saturated rings. The summed E-state index contributed by atoms with van der Waals surface area (Å²) in [6.45, 7) is 2.55. The molecule has 22 heavy (non-hydrogen) atoms. The first-order chi connectivity index (χ1) is 10.4. The van der Waals surface area contributed by atoms with Gasteiger partial charge in [-0.3, -0.25) is 5.32 Å². The van der Waals surface area contributed by atoms with Crippen LogP contribution < -0.4 is 15.4 Å². The van der Waals surface area contributed by atoms with Crippen molar-refractivity contribution in [1.29, 1.82) is 0 Å². The summed E-state index contributed by atoms with van der Waals surface area (Å²) in [5.74, 6) is -2.41. The van der Waals surface area contributed by atoms with Crippen molar-refractivity contribution in [1.82, 2.24) is 20.2 Å². The van der Waals surface area contributed by atoms with Gasteiger partial charge in [-0.15, -0.1) is 0 Å². The van der Waals surface area contributed by atoms with Gasteiger partial charge < -0.3 is 15.0 Å². The van der Waals surface area contributed by atoms with Gasteiger partial charge in [0.2, 0.25) is 5.88 Å². The Morgan fingerprint density at radius 2 is 2.32 bits per heavy atom. The minimum absolute atomic E-state index is 0.0475. The summed E-state index contributed by atoms with van der Waals surface area (Å²) in [6.07, 6.45) is 2.38. The minimum Gasteiger partial charge on any atom is -0.477 e. The molecule has 1 aromatic heterocycles. The van der Waals surface area contributed by atoms with Crippen LogP contribution in [-0.4, -0.2) is 59.6 Å². The number of piperidine rings is 1. The molecule has 1 aromatic rings. The minimum atomic E-state index is -2.91. The molecular formula is C13H19F2N5O2. The maximum Gasteiger partial charge on any atom is 0.323 e. The van der Waals surface area contributed by atoms with Crippen LogP contribution in [-0.2, 0) is 0 Å². The van der Waals surface area contributed by atoms with E-state index >= 15 is 0 Å². The molecule has 9 heteroatoms. The molecule has 0 bridgehead atoms. The Balaban J connectivity index is 1.98. The Morgan fingerprint density at radius 3 is 2.91 bits per heavy atom. The number of likely N-dealkylation sites (N-methyl/N-ethyl adjacent to an activating group) is 1. The maximum absolute atomic E-state index is 13.8. The van der Waals surface area contributed by atoms with Crippen molar-refractivity contribution in [2.45, 2.75) is 25.3 Å². The number of rotatable bonds is 4. The van der Waals surface area contributed by atoms with Crippen LogP contribution in [0.3, 0.4) is 0 Å². The highest BCUT2D eigenvalue weighted by molar-refractivity contribution is 5.88. The van der Waals surface area contributed by atoms with E-state index in [1.807, 2.05) is 6.92 Å². The van der Waals surface area contributed by atoms with E-state index in [0.29, 0.717) is 12.5 Å². The lowest BCUT2D eigenvalue weighted by Gasteiger charge is -2.37. The third kappa shape index (κ3) is 3.79. The normalized spacial score (nSPS) is 20.3. The molecule has 1 unspecified atom stereocenters. The number of ether oxygens (including phenoxy) is 1. The fourth-order valence-electron chi connectivity index (χ4n) is 2.17. The van der Waals surface area contributed by atoms with Crippen LogP contribution in [0.25, 0.3) is 0 Å². The van der Waals surface area contributed by atoms with E-state index in [4.69, 9.17) is 4.74 Å². The van der Waals surface area contributed by atoms with Gasteiger partial charge in [0.15, 0.2) is 5.82 Å². The van der Waals surface area contributed by atoms with E-state index in [1.54, 1.807) is 0 Å². The van der Waals surface area contributed by atoms with Crippen molar-refractivity contribution in [3.63, 3.8) is 0 Å². The number of alkyl halides is 2. The van der Waals surface area contributed by atoms with Gasteiger partial charge >= 0.3 is 6.03 Å². The summed E-state index contributed by atoms with van der Waals surface area (Å²) < 4.78 is 32.8. The molecule has 2 N–H and O–H groups in total. The zero-order valence-corrected chi connectivity index (χ0v) is 12.5. The van der Waals surface area contributed by atoms with Crippen LogP contribution in [0.1, 0.15) is 13.3 Å². The highest BCUT2D eigenvalue weighted by Gasteiger charge is 2.45. The van der Waals surface area contributed by atoms with Crippen molar-refractivity contribution in [2.24, 2.45) is 0 Å². The predicted octanol–water partition coefficient (Wildman–Crippen LogP) is 1.34. The molecule has 0 saturated carbocycles. The molecule has 1 aliphatic heterocycles. The standard InChI is InChI=1S/C13H19F2N5O2/c1-3-22-11-8-17-10(7-18-11)19-12(21)20(2)9-6-16-5-4-13(9,14)15/h7-9,16H,3-6H2,1-2H3,(H,17,19,21). The maximum atomic E-state index is 13.8. The van der Waals surface area contributed by atoms with Crippen LogP contribution in [0.5, 0.6) is 5.88 Å². The predicted molar refractivity (Wildman–Crippen MR) is 76.2 cm³/mol. The van der Waals surface area contributed by atoms with E-state index in [0.717, 1.165) is 4.90 Å². The summed E-state index contributed by atoms with van der Waals surface area (Å²) in [4.78, 5) is 21.0. The van der Waals surface area contributed by atoms with Crippen LogP contribution in [0.4, 0.5) is 19.4 Å². The van der Waals surface area contributed by atoms with Gasteiger partial charge in [0, 0.05) is 26.6 Å². The Labute approximate surface area is 127 Å². The molecule has 0 spiro atoms. The first-order valence-corrected chi connectivity index (χ1v) is 7.01. The molecule has 2 heterocycles. The zero-order valence-electron chi connectivity index (χ0n) is 12.5. The number of carbonyl (C=O) groups is 1. The van der Waals surface area contributed by atoms with Gasteiger partial charge in [0.25, 0.3) is 5.92 Å². The van der Waals surface area contributed by atoms with E-state index in [2.05, 4.69) is 20.6 Å². The van der Waals surface area contributed by atoms with Crippen molar-refractivity contribution in [3.8, 4) is 5.88 Å². The fourth-order valence-corrected chi connectivity index (χ4v) is 2.17. The zero-order chi connectivity index (χ0) is 16.2. The first-order valence-electron chi connectivity index (χ1n) is 7.01. The van der Waals surface area contributed by atoms with Crippen molar-refractivity contribution in [2.75, 3.05) is 32.1 Å². The molecule has 1 saturated heterocycles. The Morgan fingerprint density at radius 1 is 1.55 bits per heavy atom. The summed E-state index contributed by atoms with van der Waals surface area (Å²) in [5.41, 5.74) is 0. The van der Waals surface area contributed by atoms with Crippen LogP contribution in [0, 0.1) is 0 Å². The van der Waals surface area contributed by atoms with Gasteiger partial charge in [0.05, 0.1) is 19.0 Å². The number of hydrogen-bond acceptors (Lipinski definition) is 5. The molecule has 2 rings (SSSR count). The summed E-state index contributed by atoms with van der Waals surface area (Å²) in [5, 5.41) is 5.31. The second kappa shape index (κ2) is 6.82. The molecule has 122 valence electrons. The summed E-state index contributed by atoms with van der Waals surface area (Å²) in [7, 11) is 1.34. The molecule has 2 amide bonds. The number of carbonyl (C=O) groups excluding carboxylic acids is 1. The second-order valence-corrected chi connectivity index (χ2v) is 4.94. The number of anilines is 1. The SMILES string of the molecule is CCOc1cnc(NC(=O)N(C)C2CNCCC2(F)F)cn1. The molecule has 1 aliphatic rings. The van der Waals surface area contributed by atoms with Gasteiger partial charge in [-0.25, -0.2) is 23.5 Å². The molecule has 1 atom stereocenters. The molecule has 7 nitrogen and oxygen atoms in total. The number of nitrogens with one attached hydrogen (secondary N) is 2. The number of amides is 2. The number of hydrogen-bond donors (Lipinski definition) is 2. The fraction of sp³-hybridized carbons (Fsp3) is 0.615. The largest absolute Gasteiger partial charge is 0.477 e. The van der Waals surface area contributed by atoms with Crippen LogP contribution in [0.2, 0.25) is 0 Å². The third-order valence-electron chi connectivity index (χ3n) is 3.40. The highest BCUT2D eigenvalue weighted by Crippen LogP contribution is 2.28. The Bertz CT molecular complexity index is 512.